The zero-order valence-electron chi connectivity index (χ0n) is 11.6. The summed E-state index contributed by atoms with van der Waals surface area (Å²) in [6.45, 7) is 5.39. The molecule has 1 aromatic carbocycles. The van der Waals surface area contributed by atoms with Gasteiger partial charge in [-0.05, 0) is 49.9 Å². The first-order valence-corrected chi connectivity index (χ1v) is 6.87. The molecule has 1 N–H and O–H groups in total. The zero-order valence-corrected chi connectivity index (χ0v) is 11.6. The van der Waals surface area contributed by atoms with Crippen molar-refractivity contribution in [2.75, 3.05) is 19.7 Å². The molecule has 1 atom stereocenters. The highest BCUT2D eigenvalue weighted by Gasteiger charge is 2.20. The lowest BCUT2D eigenvalue weighted by Crippen LogP contribution is -2.34. The Kier molecular flexibility index (Phi) is 4.43. The van der Waals surface area contributed by atoms with Crippen LogP contribution in [0.1, 0.15) is 37.5 Å². The average Bonchev–Trinajstić information content (AvgIpc) is 2.79. The summed E-state index contributed by atoms with van der Waals surface area (Å²) in [4.78, 5) is 13.6. The number of hydrogen-bond donors (Lipinski definition) is 1. The largest absolute Gasteiger partial charge is 0.484 e. The van der Waals surface area contributed by atoms with Crippen LogP contribution >= 0.6 is 0 Å². The number of aliphatic hydroxyl groups is 1. The molecule has 0 heterocycles. The van der Waals surface area contributed by atoms with Crippen LogP contribution in [0.25, 0.3) is 0 Å². The molecule has 19 heavy (non-hydrogen) atoms. The summed E-state index contributed by atoms with van der Waals surface area (Å²) in [6.07, 6.45) is 1.30. The maximum absolute atomic E-state index is 11.8. The smallest absolute Gasteiger partial charge is 0.260 e. The molecule has 0 bridgehead atoms. The Labute approximate surface area is 114 Å². The lowest BCUT2D eigenvalue weighted by molar-refractivity contribution is -0.132. The van der Waals surface area contributed by atoms with E-state index in [1.807, 2.05) is 32.0 Å². The third kappa shape index (κ3) is 3.07. The standard InChI is InChI=1S/C15H21NO3/c1-3-16(4-2)15(18)10-19-12-6-7-13-11(9-12)5-8-14(13)17/h6-7,9,14,17H,3-5,8,10H2,1-2H3/t14-/m1/s1. The van der Waals surface area contributed by atoms with Crippen molar-refractivity contribution in [1.82, 2.24) is 4.90 Å². The minimum absolute atomic E-state index is 0.00512. The monoisotopic (exact) mass is 263 g/mol. The Bertz CT molecular complexity index is 455. The summed E-state index contributed by atoms with van der Waals surface area (Å²) in [5.41, 5.74) is 2.11. The molecule has 0 saturated heterocycles. The Morgan fingerprint density at radius 2 is 2.16 bits per heavy atom. The predicted octanol–water partition coefficient (Wildman–Crippen LogP) is 1.91. The molecule has 0 fully saturated rings. The first kappa shape index (κ1) is 13.9. The summed E-state index contributed by atoms with van der Waals surface area (Å²) in [5.74, 6) is 0.707. The number of nitrogens with zero attached hydrogens (tertiary/aromatic N) is 1. The van der Waals surface area contributed by atoms with Gasteiger partial charge in [0.05, 0.1) is 6.10 Å². The van der Waals surface area contributed by atoms with Gasteiger partial charge < -0.3 is 14.7 Å². The van der Waals surface area contributed by atoms with E-state index in [0.717, 1.165) is 24.0 Å². The Hall–Kier alpha value is -1.55. The van der Waals surface area contributed by atoms with Crippen molar-refractivity contribution in [2.45, 2.75) is 32.8 Å². The quantitative estimate of drug-likeness (QED) is 0.883. The number of likely N-dealkylation sites (N-methyl/N-ethyl adjacent to an activating group) is 1. The average molecular weight is 263 g/mol. The van der Waals surface area contributed by atoms with Gasteiger partial charge in [-0.25, -0.2) is 0 Å². The molecule has 0 spiro atoms. The van der Waals surface area contributed by atoms with Crippen LogP contribution in [-0.4, -0.2) is 35.6 Å². The zero-order chi connectivity index (χ0) is 13.8. The van der Waals surface area contributed by atoms with E-state index in [1.54, 1.807) is 4.90 Å². The molecule has 0 unspecified atom stereocenters. The van der Waals surface area contributed by atoms with Gasteiger partial charge in [-0.15, -0.1) is 0 Å². The molecule has 4 heteroatoms. The van der Waals surface area contributed by atoms with Crippen molar-refractivity contribution in [1.29, 1.82) is 0 Å². The number of amides is 1. The van der Waals surface area contributed by atoms with E-state index in [4.69, 9.17) is 4.74 Å². The van der Waals surface area contributed by atoms with Gasteiger partial charge in [0.2, 0.25) is 0 Å². The van der Waals surface area contributed by atoms with Crippen LogP contribution in [-0.2, 0) is 11.2 Å². The molecule has 1 aromatic rings. The Morgan fingerprint density at radius 3 is 2.84 bits per heavy atom. The van der Waals surface area contributed by atoms with Gasteiger partial charge in [-0.2, -0.15) is 0 Å². The molecule has 1 aliphatic rings. The minimum Gasteiger partial charge on any atom is -0.484 e. The van der Waals surface area contributed by atoms with Crippen molar-refractivity contribution in [3.8, 4) is 5.75 Å². The molecule has 0 radical (unpaired) electrons. The highest BCUT2D eigenvalue weighted by Crippen LogP contribution is 2.33. The Balaban J connectivity index is 1.96. The van der Waals surface area contributed by atoms with E-state index in [9.17, 15) is 9.90 Å². The van der Waals surface area contributed by atoms with E-state index in [2.05, 4.69) is 0 Å². The van der Waals surface area contributed by atoms with Crippen LogP contribution in [0.4, 0.5) is 0 Å². The highest BCUT2D eigenvalue weighted by molar-refractivity contribution is 5.77. The topological polar surface area (TPSA) is 49.8 Å². The lowest BCUT2D eigenvalue weighted by Gasteiger charge is -2.18. The van der Waals surface area contributed by atoms with Crippen molar-refractivity contribution in [2.24, 2.45) is 0 Å². The van der Waals surface area contributed by atoms with E-state index in [0.29, 0.717) is 18.8 Å². The van der Waals surface area contributed by atoms with Gasteiger partial charge in [0.25, 0.3) is 5.91 Å². The molecule has 104 valence electrons. The molecular formula is C15H21NO3. The number of hydrogen-bond acceptors (Lipinski definition) is 3. The number of benzene rings is 1. The number of aliphatic hydroxyl groups excluding tert-OH is 1. The highest BCUT2D eigenvalue weighted by atomic mass is 16.5. The van der Waals surface area contributed by atoms with E-state index >= 15 is 0 Å². The second-order valence-electron chi connectivity index (χ2n) is 4.77. The maximum atomic E-state index is 11.8. The van der Waals surface area contributed by atoms with Crippen molar-refractivity contribution >= 4 is 5.91 Å². The molecule has 0 saturated carbocycles. The third-order valence-corrected chi connectivity index (χ3v) is 3.64. The molecule has 0 aliphatic heterocycles. The summed E-state index contributed by atoms with van der Waals surface area (Å²) in [5, 5.41) is 9.73. The van der Waals surface area contributed by atoms with Gasteiger partial charge in [-0.3, -0.25) is 4.79 Å². The molecule has 1 aliphatic carbocycles. The molecule has 1 amide bonds. The second-order valence-corrected chi connectivity index (χ2v) is 4.77. The molecular weight excluding hydrogens is 242 g/mol. The second kappa shape index (κ2) is 6.06. The number of fused-ring (bicyclic) bond motifs is 1. The maximum Gasteiger partial charge on any atom is 0.260 e. The molecule has 4 nitrogen and oxygen atoms in total. The van der Waals surface area contributed by atoms with Crippen LogP contribution < -0.4 is 4.74 Å². The normalized spacial score (nSPS) is 17.1. The minimum atomic E-state index is -0.346. The summed E-state index contributed by atoms with van der Waals surface area (Å²) in [6, 6.07) is 5.65. The van der Waals surface area contributed by atoms with E-state index in [-0.39, 0.29) is 18.6 Å². The fraction of sp³-hybridized carbons (Fsp3) is 0.533. The SMILES string of the molecule is CCN(CC)C(=O)COc1ccc2c(c1)CC[C@H]2O. The van der Waals surface area contributed by atoms with Crippen molar-refractivity contribution in [3.05, 3.63) is 29.3 Å². The van der Waals surface area contributed by atoms with Gasteiger partial charge in [0.15, 0.2) is 6.61 Å². The van der Waals surface area contributed by atoms with Crippen molar-refractivity contribution < 1.29 is 14.6 Å². The number of rotatable bonds is 5. The Morgan fingerprint density at radius 1 is 1.42 bits per heavy atom. The van der Waals surface area contributed by atoms with Gasteiger partial charge in [0, 0.05) is 13.1 Å². The number of aryl methyl sites for hydroxylation is 1. The number of carbonyl (C=O) groups excluding carboxylic acids is 1. The van der Waals surface area contributed by atoms with Crippen LogP contribution in [0.15, 0.2) is 18.2 Å². The fourth-order valence-corrected chi connectivity index (χ4v) is 2.47. The predicted molar refractivity (Wildman–Crippen MR) is 73.1 cm³/mol. The van der Waals surface area contributed by atoms with Crippen LogP contribution in [0, 0.1) is 0 Å². The van der Waals surface area contributed by atoms with Gasteiger partial charge >= 0.3 is 0 Å². The van der Waals surface area contributed by atoms with E-state index in [1.165, 1.54) is 0 Å². The third-order valence-electron chi connectivity index (χ3n) is 3.64. The summed E-state index contributed by atoms with van der Waals surface area (Å²) >= 11 is 0. The fourth-order valence-electron chi connectivity index (χ4n) is 2.47. The van der Waals surface area contributed by atoms with Gasteiger partial charge in [-0.1, -0.05) is 6.07 Å². The summed E-state index contributed by atoms with van der Waals surface area (Å²) < 4.78 is 5.54. The lowest BCUT2D eigenvalue weighted by atomic mass is 10.1. The first-order chi connectivity index (χ1) is 9.15. The van der Waals surface area contributed by atoms with Crippen LogP contribution in [0.3, 0.4) is 0 Å². The number of ether oxygens (including phenoxy) is 1. The first-order valence-electron chi connectivity index (χ1n) is 6.87. The number of carbonyl (C=O) groups is 1. The van der Waals surface area contributed by atoms with Gasteiger partial charge in [0.1, 0.15) is 5.75 Å². The van der Waals surface area contributed by atoms with Crippen LogP contribution in [0.5, 0.6) is 5.75 Å². The molecule has 0 aromatic heterocycles. The molecule has 2 rings (SSSR count). The van der Waals surface area contributed by atoms with Crippen molar-refractivity contribution in [3.63, 3.8) is 0 Å². The van der Waals surface area contributed by atoms with E-state index < -0.39 is 0 Å². The summed E-state index contributed by atoms with van der Waals surface area (Å²) in [7, 11) is 0. The van der Waals surface area contributed by atoms with Crippen LogP contribution in [0.2, 0.25) is 0 Å².